The van der Waals surface area contributed by atoms with Crippen LogP contribution in [-0.4, -0.2) is 12.4 Å². The van der Waals surface area contributed by atoms with E-state index in [1.54, 1.807) is 0 Å². The molecule has 1 nitrogen and oxygen atoms in total. The molecule has 0 aliphatic carbocycles. The zero-order valence-electron chi connectivity index (χ0n) is 10.3. The van der Waals surface area contributed by atoms with E-state index in [0.29, 0.717) is 12.4 Å². The fourth-order valence-corrected chi connectivity index (χ4v) is 1.37. The molecule has 0 radical (unpaired) electrons. The summed E-state index contributed by atoms with van der Waals surface area (Å²) in [5.74, 6) is 1.55. The number of rotatable bonds is 4. The monoisotopic (exact) mass is 236 g/mol. The van der Waals surface area contributed by atoms with Gasteiger partial charge >= 0.3 is 0 Å². The minimum atomic E-state index is 0.188. The summed E-state index contributed by atoms with van der Waals surface area (Å²) in [7, 11) is 0. The highest BCUT2D eigenvalue weighted by Crippen LogP contribution is 2.24. The third-order valence-corrected chi connectivity index (χ3v) is 2.83. The van der Waals surface area contributed by atoms with Gasteiger partial charge in [0.05, 0.1) is 0 Å². The van der Waals surface area contributed by atoms with Crippen molar-refractivity contribution in [2.24, 2.45) is 0 Å². The lowest BCUT2D eigenvalue weighted by atomic mass is 9.87. The van der Waals surface area contributed by atoms with Crippen molar-refractivity contribution in [3.05, 3.63) is 42.0 Å². The van der Waals surface area contributed by atoms with Gasteiger partial charge in [0.1, 0.15) is 12.4 Å². The third kappa shape index (κ3) is 3.93. The normalized spacial score (nSPS) is 11.2. The molecule has 2 heteroatoms. The van der Waals surface area contributed by atoms with E-state index in [0.717, 1.165) is 11.3 Å². The van der Waals surface area contributed by atoms with E-state index >= 15 is 0 Å². The van der Waals surface area contributed by atoms with Gasteiger partial charge in [0.25, 0.3) is 0 Å². The Morgan fingerprint density at radius 1 is 1.25 bits per heavy atom. The van der Waals surface area contributed by atoms with Crippen LogP contribution >= 0.6 is 12.6 Å². The van der Waals surface area contributed by atoms with Crippen molar-refractivity contribution in [2.45, 2.75) is 26.2 Å². The molecule has 0 fully saturated rings. The molecule has 0 saturated heterocycles. The number of hydrogen-bond donors (Lipinski definition) is 1. The van der Waals surface area contributed by atoms with E-state index in [1.165, 1.54) is 5.56 Å². The van der Waals surface area contributed by atoms with Crippen LogP contribution in [0.2, 0.25) is 0 Å². The topological polar surface area (TPSA) is 9.23 Å². The Hall–Kier alpha value is -0.890. The van der Waals surface area contributed by atoms with Crippen LogP contribution in [0.5, 0.6) is 5.75 Å². The summed E-state index contributed by atoms with van der Waals surface area (Å²) in [5, 5.41) is 0. The van der Waals surface area contributed by atoms with Gasteiger partial charge < -0.3 is 4.74 Å². The van der Waals surface area contributed by atoms with Crippen LogP contribution in [0, 0.1) is 0 Å². The number of thiol groups is 1. The van der Waals surface area contributed by atoms with Crippen molar-refractivity contribution in [3.63, 3.8) is 0 Å². The molecule has 1 aromatic rings. The van der Waals surface area contributed by atoms with Crippen molar-refractivity contribution < 1.29 is 4.74 Å². The van der Waals surface area contributed by atoms with Gasteiger partial charge in [-0.3, -0.25) is 0 Å². The molecule has 0 bridgehead atoms. The highest BCUT2D eigenvalue weighted by Gasteiger charge is 2.12. The molecule has 0 aliphatic heterocycles. The largest absolute Gasteiger partial charge is 0.489 e. The minimum absolute atomic E-state index is 0.188. The zero-order chi connectivity index (χ0) is 12.2. The van der Waals surface area contributed by atoms with Crippen molar-refractivity contribution in [3.8, 4) is 5.75 Å². The first-order valence-corrected chi connectivity index (χ1v) is 6.07. The molecular weight excluding hydrogens is 216 g/mol. The average molecular weight is 236 g/mol. The molecule has 88 valence electrons. The van der Waals surface area contributed by atoms with E-state index < -0.39 is 0 Å². The summed E-state index contributed by atoms with van der Waals surface area (Å²) >= 11 is 4.14. The summed E-state index contributed by atoms with van der Waals surface area (Å²) in [6.45, 7) is 11.0. The zero-order valence-corrected chi connectivity index (χ0v) is 11.2. The highest BCUT2D eigenvalue weighted by molar-refractivity contribution is 7.80. The second-order valence-corrected chi connectivity index (χ2v) is 5.29. The smallest absolute Gasteiger partial charge is 0.119 e. The Morgan fingerprint density at radius 2 is 1.81 bits per heavy atom. The van der Waals surface area contributed by atoms with Crippen LogP contribution in [0.25, 0.3) is 0 Å². The molecule has 0 aromatic heterocycles. The van der Waals surface area contributed by atoms with Crippen molar-refractivity contribution in [2.75, 3.05) is 12.4 Å². The standard InChI is InChI=1S/C14H20OS/c1-11(10-16)9-15-13-7-5-12(6-8-13)14(2,3)4/h5-8,16H,1,9-10H2,2-4H3. The number of ether oxygens (including phenoxy) is 1. The van der Waals surface area contributed by atoms with Gasteiger partial charge in [-0.2, -0.15) is 12.6 Å². The first-order valence-electron chi connectivity index (χ1n) is 5.44. The lowest BCUT2D eigenvalue weighted by Crippen LogP contribution is -2.10. The predicted molar refractivity (Wildman–Crippen MR) is 73.6 cm³/mol. The molecule has 0 atom stereocenters. The van der Waals surface area contributed by atoms with Gasteiger partial charge in [-0.15, -0.1) is 0 Å². The number of hydrogen-bond acceptors (Lipinski definition) is 2. The lowest BCUT2D eigenvalue weighted by molar-refractivity contribution is 0.353. The maximum absolute atomic E-state index is 5.58. The fraction of sp³-hybridized carbons (Fsp3) is 0.429. The Balaban J connectivity index is 2.62. The van der Waals surface area contributed by atoms with E-state index in [4.69, 9.17) is 4.74 Å². The van der Waals surface area contributed by atoms with Gasteiger partial charge in [-0.1, -0.05) is 39.5 Å². The molecule has 0 amide bonds. The average Bonchev–Trinajstić information content (AvgIpc) is 2.25. The maximum atomic E-state index is 5.58. The van der Waals surface area contributed by atoms with Crippen molar-refractivity contribution >= 4 is 12.6 Å². The van der Waals surface area contributed by atoms with Crippen LogP contribution in [0.1, 0.15) is 26.3 Å². The van der Waals surface area contributed by atoms with E-state index in [2.05, 4.69) is 52.1 Å². The van der Waals surface area contributed by atoms with E-state index in [9.17, 15) is 0 Å². The third-order valence-electron chi connectivity index (χ3n) is 2.39. The SMILES string of the molecule is C=C(CS)COc1ccc(C(C)(C)C)cc1. The molecular formula is C14H20OS. The summed E-state index contributed by atoms with van der Waals surface area (Å²) in [6, 6.07) is 8.23. The second kappa shape index (κ2) is 5.44. The Kier molecular flexibility index (Phi) is 4.48. The van der Waals surface area contributed by atoms with Crippen LogP contribution in [0.3, 0.4) is 0 Å². The Bertz CT molecular complexity index is 346. The molecule has 0 spiro atoms. The van der Waals surface area contributed by atoms with Crippen LogP contribution < -0.4 is 4.74 Å². The summed E-state index contributed by atoms with van der Waals surface area (Å²) < 4.78 is 5.58. The summed E-state index contributed by atoms with van der Waals surface area (Å²) in [5.41, 5.74) is 2.49. The minimum Gasteiger partial charge on any atom is -0.489 e. The quantitative estimate of drug-likeness (QED) is 0.617. The molecule has 1 rings (SSSR count). The molecule has 0 unspecified atom stereocenters. The Labute approximate surface area is 104 Å². The van der Waals surface area contributed by atoms with Gasteiger partial charge in [-0.25, -0.2) is 0 Å². The molecule has 0 heterocycles. The molecule has 1 aromatic carbocycles. The van der Waals surface area contributed by atoms with Gasteiger partial charge in [-0.05, 0) is 28.7 Å². The molecule has 0 aliphatic rings. The van der Waals surface area contributed by atoms with Gasteiger partial charge in [0.2, 0.25) is 0 Å². The first kappa shape index (κ1) is 13.2. The van der Waals surface area contributed by atoms with Gasteiger partial charge in [0, 0.05) is 5.75 Å². The summed E-state index contributed by atoms with van der Waals surface area (Å²) in [4.78, 5) is 0. The van der Waals surface area contributed by atoms with Gasteiger partial charge in [0.15, 0.2) is 0 Å². The maximum Gasteiger partial charge on any atom is 0.119 e. The lowest BCUT2D eigenvalue weighted by Gasteiger charge is -2.19. The molecule has 0 N–H and O–H groups in total. The number of benzene rings is 1. The second-order valence-electron chi connectivity index (χ2n) is 4.97. The van der Waals surface area contributed by atoms with Crippen LogP contribution in [0.15, 0.2) is 36.4 Å². The van der Waals surface area contributed by atoms with Crippen molar-refractivity contribution in [1.82, 2.24) is 0 Å². The Morgan fingerprint density at radius 3 is 2.25 bits per heavy atom. The molecule has 16 heavy (non-hydrogen) atoms. The van der Waals surface area contributed by atoms with E-state index in [-0.39, 0.29) is 5.41 Å². The fourth-order valence-electron chi connectivity index (χ4n) is 1.28. The first-order chi connectivity index (χ1) is 7.43. The van der Waals surface area contributed by atoms with Crippen molar-refractivity contribution in [1.29, 1.82) is 0 Å². The van der Waals surface area contributed by atoms with E-state index in [1.807, 2.05) is 12.1 Å². The molecule has 0 saturated carbocycles. The summed E-state index contributed by atoms with van der Waals surface area (Å²) in [6.07, 6.45) is 0. The van der Waals surface area contributed by atoms with Crippen LogP contribution in [-0.2, 0) is 5.41 Å². The predicted octanol–water partition coefficient (Wildman–Crippen LogP) is 3.85. The highest BCUT2D eigenvalue weighted by atomic mass is 32.1. The van der Waals surface area contributed by atoms with Crippen LogP contribution in [0.4, 0.5) is 0 Å².